The molecule has 6 nitrogen and oxygen atoms in total. The predicted molar refractivity (Wildman–Crippen MR) is 111 cm³/mol. The Morgan fingerprint density at radius 3 is 2.47 bits per heavy atom. The Hall–Kier alpha value is -2.96. The maximum Gasteiger partial charge on any atom is 0.340 e. The van der Waals surface area contributed by atoms with Gasteiger partial charge in [-0.1, -0.05) is 31.9 Å². The Balaban J connectivity index is 1.99. The molecule has 1 amide bonds. The number of ether oxygens (including phenoxy) is 1. The molecular formula is C23H27FN2O4. The number of aromatic amines is 1. The summed E-state index contributed by atoms with van der Waals surface area (Å²) in [5.74, 6) is -2.22. The number of halogens is 1. The zero-order valence-corrected chi connectivity index (χ0v) is 17.5. The molecular weight excluding hydrogens is 387 g/mol. The molecule has 7 heteroatoms. The number of Topliss-reactive ketones (excluding diaryl/α,β-unsaturated/α-hetero) is 1. The summed E-state index contributed by atoms with van der Waals surface area (Å²) in [6.45, 7) is 5.55. The van der Waals surface area contributed by atoms with Crippen LogP contribution in [-0.2, 0) is 9.53 Å². The highest BCUT2D eigenvalue weighted by atomic mass is 19.1. The fourth-order valence-corrected chi connectivity index (χ4v) is 4.04. The fraction of sp³-hybridized carbons (Fsp3) is 0.435. The second kappa shape index (κ2) is 9.24. The van der Waals surface area contributed by atoms with E-state index in [1.807, 2.05) is 0 Å². The Morgan fingerprint density at radius 1 is 1.17 bits per heavy atom. The summed E-state index contributed by atoms with van der Waals surface area (Å²) in [6, 6.07) is 5.37. The number of H-pyrrole nitrogens is 1. The Labute approximate surface area is 175 Å². The van der Waals surface area contributed by atoms with E-state index in [1.54, 1.807) is 13.8 Å². The molecule has 1 aliphatic carbocycles. The molecule has 30 heavy (non-hydrogen) atoms. The molecule has 2 N–H and O–H groups in total. The number of carbonyl (C=O) groups excluding carboxylic acids is 3. The van der Waals surface area contributed by atoms with E-state index in [9.17, 15) is 18.8 Å². The van der Waals surface area contributed by atoms with Gasteiger partial charge in [-0.3, -0.25) is 9.59 Å². The lowest BCUT2D eigenvalue weighted by Crippen LogP contribution is -2.44. The first-order valence-electron chi connectivity index (χ1n) is 10.3. The van der Waals surface area contributed by atoms with Gasteiger partial charge in [-0.25, -0.2) is 9.18 Å². The van der Waals surface area contributed by atoms with Gasteiger partial charge in [-0.05, 0) is 50.3 Å². The Morgan fingerprint density at radius 2 is 1.83 bits per heavy atom. The fourth-order valence-electron chi connectivity index (χ4n) is 4.04. The van der Waals surface area contributed by atoms with Crippen molar-refractivity contribution in [2.24, 2.45) is 5.92 Å². The summed E-state index contributed by atoms with van der Waals surface area (Å²) >= 11 is 0. The summed E-state index contributed by atoms with van der Waals surface area (Å²) in [6.07, 6.45) is 3.98. The molecule has 2 aromatic rings. The summed E-state index contributed by atoms with van der Waals surface area (Å²) in [5.41, 5.74) is 1.29. The van der Waals surface area contributed by atoms with Crippen molar-refractivity contribution >= 4 is 17.7 Å². The SMILES string of the molecule is CCOC(=O)c1c(C)[nH]c(C(=O)C(=O)N[C@H]2CCCC[C@@H]2C)c1-c1ccc(F)cc1. The summed E-state index contributed by atoms with van der Waals surface area (Å²) in [7, 11) is 0. The van der Waals surface area contributed by atoms with Gasteiger partial charge in [0, 0.05) is 17.3 Å². The third-order valence-corrected chi connectivity index (χ3v) is 5.66. The minimum absolute atomic E-state index is 0.00289. The lowest BCUT2D eigenvalue weighted by molar-refractivity contribution is -0.118. The van der Waals surface area contributed by atoms with Crippen molar-refractivity contribution < 1.29 is 23.5 Å². The van der Waals surface area contributed by atoms with Crippen LogP contribution in [0.25, 0.3) is 11.1 Å². The van der Waals surface area contributed by atoms with Gasteiger partial charge in [0.15, 0.2) is 0 Å². The minimum atomic E-state index is -0.759. The van der Waals surface area contributed by atoms with E-state index in [0.29, 0.717) is 17.2 Å². The van der Waals surface area contributed by atoms with Crippen molar-refractivity contribution in [1.29, 1.82) is 0 Å². The lowest BCUT2D eigenvalue weighted by atomic mass is 9.86. The first-order chi connectivity index (χ1) is 14.3. The van der Waals surface area contributed by atoms with Gasteiger partial charge in [0.05, 0.1) is 12.2 Å². The largest absolute Gasteiger partial charge is 0.462 e. The van der Waals surface area contributed by atoms with Crippen molar-refractivity contribution in [2.45, 2.75) is 52.5 Å². The number of benzene rings is 1. The van der Waals surface area contributed by atoms with Crippen LogP contribution in [0.4, 0.5) is 4.39 Å². The van der Waals surface area contributed by atoms with Crippen LogP contribution in [0.5, 0.6) is 0 Å². The molecule has 1 saturated carbocycles. The molecule has 0 saturated heterocycles. The standard InChI is InChI=1S/C23H27FN2O4/c1-4-30-23(29)18-14(3)25-20(19(18)15-9-11-16(24)12-10-15)21(27)22(28)26-17-8-6-5-7-13(17)2/h9-13,17,25H,4-8H2,1-3H3,(H,26,28)/t13-,17-/m0/s1. The van der Waals surface area contributed by atoms with Crippen LogP contribution in [0.1, 0.15) is 66.1 Å². The van der Waals surface area contributed by atoms with Gasteiger partial charge < -0.3 is 15.0 Å². The molecule has 1 fully saturated rings. The second-order valence-corrected chi connectivity index (χ2v) is 7.77. The first-order valence-corrected chi connectivity index (χ1v) is 10.3. The minimum Gasteiger partial charge on any atom is -0.462 e. The highest BCUT2D eigenvalue weighted by molar-refractivity contribution is 6.44. The van der Waals surface area contributed by atoms with Crippen molar-refractivity contribution in [1.82, 2.24) is 10.3 Å². The van der Waals surface area contributed by atoms with Crippen LogP contribution in [-0.4, -0.2) is 35.3 Å². The number of carbonyl (C=O) groups is 3. The smallest absolute Gasteiger partial charge is 0.340 e. The molecule has 1 aromatic carbocycles. The summed E-state index contributed by atoms with van der Waals surface area (Å²) in [5, 5.41) is 2.85. The molecule has 1 heterocycles. The number of amides is 1. The zero-order valence-electron chi connectivity index (χ0n) is 17.5. The topological polar surface area (TPSA) is 88.3 Å². The maximum atomic E-state index is 13.4. The van der Waals surface area contributed by atoms with E-state index >= 15 is 0 Å². The van der Waals surface area contributed by atoms with Gasteiger partial charge in [-0.15, -0.1) is 0 Å². The van der Waals surface area contributed by atoms with Crippen molar-refractivity contribution in [3.63, 3.8) is 0 Å². The molecule has 1 aromatic heterocycles. The van der Waals surface area contributed by atoms with E-state index in [2.05, 4.69) is 17.2 Å². The van der Waals surface area contributed by atoms with Gasteiger partial charge in [0.2, 0.25) is 0 Å². The summed E-state index contributed by atoms with van der Waals surface area (Å²) < 4.78 is 18.6. The molecule has 0 aliphatic heterocycles. The lowest BCUT2D eigenvalue weighted by Gasteiger charge is -2.29. The number of aromatic nitrogens is 1. The van der Waals surface area contributed by atoms with Crippen LogP contribution >= 0.6 is 0 Å². The highest BCUT2D eigenvalue weighted by Crippen LogP contribution is 2.32. The number of nitrogens with one attached hydrogen (secondary N) is 2. The van der Waals surface area contributed by atoms with Crippen molar-refractivity contribution in [2.75, 3.05) is 6.61 Å². The maximum absolute atomic E-state index is 13.4. The zero-order chi connectivity index (χ0) is 21.8. The quantitative estimate of drug-likeness (QED) is 0.422. The van der Waals surface area contributed by atoms with Gasteiger partial charge in [-0.2, -0.15) is 0 Å². The third kappa shape index (κ3) is 4.45. The molecule has 0 spiro atoms. The molecule has 2 atom stereocenters. The molecule has 1 aliphatic rings. The Bertz CT molecular complexity index is 949. The van der Waals surface area contributed by atoms with Crippen LogP contribution in [0, 0.1) is 18.7 Å². The first kappa shape index (κ1) is 21.7. The van der Waals surface area contributed by atoms with E-state index in [4.69, 9.17) is 4.74 Å². The molecule has 0 radical (unpaired) electrons. The molecule has 3 rings (SSSR count). The van der Waals surface area contributed by atoms with Crippen LogP contribution in [0.3, 0.4) is 0 Å². The number of hydrogen-bond acceptors (Lipinski definition) is 4. The van der Waals surface area contributed by atoms with Crippen LogP contribution < -0.4 is 5.32 Å². The van der Waals surface area contributed by atoms with E-state index < -0.39 is 23.5 Å². The molecule has 160 valence electrons. The number of rotatable bonds is 6. The monoisotopic (exact) mass is 414 g/mol. The van der Waals surface area contributed by atoms with Gasteiger partial charge in [0.25, 0.3) is 11.7 Å². The molecule has 0 bridgehead atoms. The second-order valence-electron chi connectivity index (χ2n) is 7.77. The average molecular weight is 414 g/mol. The number of ketones is 1. The van der Waals surface area contributed by atoms with E-state index in [0.717, 1.165) is 25.7 Å². The highest BCUT2D eigenvalue weighted by Gasteiger charge is 2.32. The normalized spacial score (nSPS) is 18.7. The average Bonchev–Trinajstić information content (AvgIpc) is 3.07. The third-order valence-electron chi connectivity index (χ3n) is 5.66. The van der Waals surface area contributed by atoms with Crippen molar-refractivity contribution in [3.8, 4) is 11.1 Å². The van der Waals surface area contributed by atoms with E-state index in [1.165, 1.54) is 24.3 Å². The van der Waals surface area contributed by atoms with Crippen LogP contribution in [0.2, 0.25) is 0 Å². The predicted octanol–water partition coefficient (Wildman–Crippen LogP) is 4.18. The number of esters is 1. The van der Waals surface area contributed by atoms with Crippen LogP contribution in [0.15, 0.2) is 24.3 Å². The van der Waals surface area contributed by atoms with Gasteiger partial charge in [0.1, 0.15) is 11.5 Å². The number of aryl methyl sites for hydroxylation is 1. The van der Waals surface area contributed by atoms with Crippen molar-refractivity contribution in [3.05, 3.63) is 47.0 Å². The molecule has 0 unspecified atom stereocenters. The number of hydrogen-bond donors (Lipinski definition) is 2. The van der Waals surface area contributed by atoms with Gasteiger partial charge >= 0.3 is 5.97 Å². The Kier molecular flexibility index (Phi) is 6.70. The summed E-state index contributed by atoms with van der Waals surface area (Å²) in [4.78, 5) is 41.3. The van der Waals surface area contributed by atoms with E-state index in [-0.39, 0.29) is 29.5 Å².